The zero-order valence-electron chi connectivity index (χ0n) is 9.66. The number of nitrogens with one attached hydrogen (secondary N) is 2. The molecule has 0 radical (unpaired) electrons. The first-order chi connectivity index (χ1) is 7.78. The van der Waals surface area contributed by atoms with Gasteiger partial charge in [0.1, 0.15) is 17.5 Å². The Morgan fingerprint density at radius 1 is 1.19 bits per heavy atom. The summed E-state index contributed by atoms with van der Waals surface area (Å²) in [6.07, 6.45) is 6.44. The number of aryl methyl sites for hydroxylation is 1. The van der Waals surface area contributed by atoms with Crippen molar-refractivity contribution in [2.75, 3.05) is 10.7 Å². The Kier molecular flexibility index (Phi) is 3.56. The van der Waals surface area contributed by atoms with Crippen LogP contribution in [0.4, 0.5) is 11.6 Å². The van der Waals surface area contributed by atoms with Crippen LogP contribution in [0.2, 0.25) is 0 Å². The second-order valence-electron chi connectivity index (χ2n) is 4.31. The lowest BCUT2D eigenvalue weighted by Crippen LogP contribution is -2.23. The molecule has 5 heteroatoms. The average Bonchev–Trinajstić information content (AvgIpc) is 2.29. The molecule has 0 atom stereocenters. The Morgan fingerprint density at radius 3 is 2.56 bits per heavy atom. The molecule has 0 unspecified atom stereocenters. The van der Waals surface area contributed by atoms with Crippen molar-refractivity contribution in [1.82, 2.24) is 9.97 Å². The molecule has 2 rings (SSSR count). The van der Waals surface area contributed by atoms with E-state index in [-0.39, 0.29) is 0 Å². The Labute approximate surface area is 95.8 Å². The molecule has 4 N–H and O–H groups in total. The number of hydrogen-bond acceptors (Lipinski definition) is 5. The minimum absolute atomic E-state index is 0.550. The summed E-state index contributed by atoms with van der Waals surface area (Å²) >= 11 is 0. The van der Waals surface area contributed by atoms with Crippen LogP contribution >= 0.6 is 0 Å². The molecular weight excluding hydrogens is 202 g/mol. The molecular formula is C11H19N5. The average molecular weight is 221 g/mol. The van der Waals surface area contributed by atoms with Gasteiger partial charge in [-0.25, -0.2) is 15.8 Å². The number of nitrogen functional groups attached to an aromatic ring is 1. The van der Waals surface area contributed by atoms with Gasteiger partial charge in [-0.15, -0.1) is 0 Å². The van der Waals surface area contributed by atoms with E-state index in [1.54, 1.807) is 0 Å². The van der Waals surface area contributed by atoms with Crippen LogP contribution in [-0.2, 0) is 0 Å². The van der Waals surface area contributed by atoms with Gasteiger partial charge < -0.3 is 10.7 Å². The number of nitrogens with two attached hydrogens (primary N) is 1. The van der Waals surface area contributed by atoms with Crippen LogP contribution in [0.5, 0.6) is 0 Å². The zero-order chi connectivity index (χ0) is 11.4. The number of aromatic nitrogens is 2. The summed E-state index contributed by atoms with van der Waals surface area (Å²) in [4.78, 5) is 8.52. The fourth-order valence-corrected chi connectivity index (χ4v) is 2.17. The molecule has 1 aliphatic rings. The standard InChI is InChI=1S/C11H19N5/c1-8-13-10(7-11(14-8)16-12)15-9-5-3-2-4-6-9/h7,9H,2-6,12H2,1H3,(H2,13,14,15,16). The van der Waals surface area contributed by atoms with E-state index in [2.05, 4.69) is 20.7 Å². The molecule has 1 heterocycles. The molecule has 0 saturated heterocycles. The summed E-state index contributed by atoms with van der Waals surface area (Å²) in [5.74, 6) is 7.61. The Morgan fingerprint density at radius 2 is 1.88 bits per heavy atom. The summed E-state index contributed by atoms with van der Waals surface area (Å²) in [7, 11) is 0. The molecule has 5 nitrogen and oxygen atoms in total. The van der Waals surface area contributed by atoms with Gasteiger partial charge in [-0.3, -0.25) is 0 Å². The Bertz CT molecular complexity index is 346. The lowest BCUT2D eigenvalue weighted by atomic mass is 9.95. The molecule has 0 aromatic carbocycles. The third-order valence-corrected chi connectivity index (χ3v) is 2.94. The third kappa shape index (κ3) is 2.82. The van der Waals surface area contributed by atoms with E-state index in [1.807, 2.05) is 13.0 Å². The summed E-state index contributed by atoms with van der Waals surface area (Å²) in [5, 5.41) is 3.45. The lowest BCUT2D eigenvalue weighted by Gasteiger charge is -2.23. The molecule has 1 saturated carbocycles. The normalized spacial score (nSPS) is 17.1. The van der Waals surface area contributed by atoms with Gasteiger partial charge >= 0.3 is 0 Å². The van der Waals surface area contributed by atoms with Gasteiger partial charge in [0.2, 0.25) is 0 Å². The number of hydrogen-bond donors (Lipinski definition) is 3. The number of rotatable bonds is 3. The number of anilines is 2. The molecule has 0 aliphatic heterocycles. The van der Waals surface area contributed by atoms with Gasteiger partial charge in [0.05, 0.1) is 0 Å². The fourth-order valence-electron chi connectivity index (χ4n) is 2.17. The van der Waals surface area contributed by atoms with Crippen molar-refractivity contribution in [3.63, 3.8) is 0 Å². The van der Waals surface area contributed by atoms with Crippen molar-refractivity contribution in [3.8, 4) is 0 Å². The minimum Gasteiger partial charge on any atom is -0.367 e. The second-order valence-corrected chi connectivity index (χ2v) is 4.31. The lowest BCUT2D eigenvalue weighted by molar-refractivity contribution is 0.462. The number of hydrazine groups is 1. The van der Waals surface area contributed by atoms with Crippen molar-refractivity contribution in [1.29, 1.82) is 0 Å². The van der Waals surface area contributed by atoms with E-state index in [4.69, 9.17) is 5.84 Å². The predicted octanol–water partition coefficient (Wildman–Crippen LogP) is 1.82. The quantitative estimate of drug-likeness (QED) is 0.536. The van der Waals surface area contributed by atoms with Gasteiger partial charge in [-0.1, -0.05) is 19.3 Å². The highest BCUT2D eigenvalue weighted by Gasteiger charge is 2.13. The monoisotopic (exact) mass is 221 g/mol. The maximum atomic E-state index is 5.35. The highest BCUT2D eigenvalue weighted by molar-refractivity contribution is 5.47. The topological polar surface area (TPSA) is 75.9 Å². The molecule has 88 valence electrons. The van der Waals surface area contributed by atoms with E-state index in [0.717, 1.165) is 11.6 Å². The van der Waals surface area contributed by atoms with Crippen molar-refractivity contribution in [2.45, 2.75) is 45.1 Å². The SMILES string of the molecule is Cc1nc(NN)cc(NC2CCCCC2)n1. The number of nitrogens with zero attached hydrogens (tertiary/aromatic N) is 2. The van der Waals surface area contributed by atoms with E-state index in [1.165, 1.54) is 32.1 Å². The van der Waals surface area contributed by atoms with Gasteiger partial charge in [0.25, 0.3) is 0 Å². The van der Waals surface area contributed by atoms with Gasteiger partial charge in [-0.2, -0.15) is 0 Å². The first-order valence-corrected chi connectivity index (χ1v) is 5.87. The van der Waals surface area contributed by atoms with E-state index < -0.39 is 0 Å². The van der Waals surface area contributed by atoms with Crippen LogP contribution in [-0.4, -0.2) is 16.0 Å². The van der Waals surface area contributed by atoms with Crippen LogP contribution in [0.25, 0.3) is 0 Å². The summed E-state index contributed by atoms with van der Waals surface area (Å²) in [5.41, 5.74) is 2.55. The van der Waals surface area contributed by atoms with Crippen LogP contribution in [0, 0.1) is 6.92 Å². The maximum absolute atomic E-state index is 5.35. The molecule has 1 aliphatic carbocycles. The molecule has 1 aromatic heterocycles. The predicted molar refractivity (Wildman–Crippen MR) is 65.1 cm³/mol. The van der Waals surface area contributed by atoms with Crippen molar-refractivity contribution in [3.05, 3.63) is 11.9 Å². The highest BCUT2D eigenvalue weighted by Crippen LogP contribution is 2.21. The fraction of sp³-hybridized carbons (Fsp3) is 0.636. The molecule has 1 fully saturated rings. The van der Waals surface area contributed by atoms with Crippen LogP contribution in [0.3, 0.4) is 0 Å². The van der Waals surface area contributed by atoms with E-state index in [0.29, 0.717) is 11.9 Å². The molecule has 0 bridgehead atoms. The smallest absolute Gasteiger partial charge is 0.145 e. The molecule has 1 aromatic rings. The maximum Gasteiger partial charge on any atom is 0.145 e. The van der Waals surface area contributed by atoms with Gasteiger partial charge in [0, 0.05) is 12.1 Å². The molecule has 16 heavy (non-hydrogen) atoms. The largest absolute Gasteiger partial charge is 0.367 e. The summed E-state index contributed by atoms with van der Waals surface area (Å²) in [6, 6.07) is 2.40. The van der Waals surface area contributed by atoms with Crippen molar-refractivity contribution >= 4 is 11.6 Å². The summed E-state index contributed by atoms with van der Waals surface area (Å²) < 4.78 is 0. The van der Waals surface area contributed by atoms with Crippen molar-refractivity contribution < 1.29 is 0 Å². The van der Waals surface area contributed by atoms with Crippen LogP contribution < -0.4 is 16.6 Å². The van der Waals surface area contributed by atoms with E-state index in [9.17, 15) is 0 Å². The Balaban J connectivity index is 2.04. The third-order valence-electron chi connectivity index (χ3n) is 2.94. The first-order valence-electron chi connectivity index (χ1n) is 5.87. The molecule has 0 spiro atoms. The zero-order valence-corrected chi connectivity index (χ0v) is 9.66. The minimum atomic E-state index is 0.550. The van der Waals surface area contributed by atoms with Gasteiger partial charge in [0.15, 0.2) is 0 Å². The second kappa shape index (κ2) is 5.12. The highest BCUT2D eigenvalue weighted by atomic mass is 15.3. The van der Waals surface area contributed by atoms with Crippen molar-refractivity contribution in [2.24, 2.45) is 5.84 Å². The van der Waals surface area contributed by atoms with Crippen LogP contribution in [0.1, 0.15) is 37.9 Å². The summed E-state index contributed by atoms with van der Waals surface area (Å²) in [6.45, 7) is 1.87. The van der Waals surface area contributed by atoms with E-state index >= 15 is 0 Å². The molecule has 0 amide bonds. The first kappa shape index (κ1) is 11.1. The van der Waals surface area contributed by atoms with Crippen LogP contribution in [0.15, 0.2) is 6.07 Å². The van der Waals surface area contributed by atoms with Gasteiger partial charge in [-0.05, 0) is 19.8 Å². The Hall–Kier alpha value is -1.36.